The first-order chi connectivity index (χ1) is 29.7. The van der Waals surface area contributed by atoms with Gasteiger partial charge in [0.05, 0.1) is 25.4 Å². The second-order valence-electron chi connectivity index (χ2n) is 17.2. The molecule has 0 aromatic carbocycles. The number of hydrogen-bond donors (Lipinski definition) is 8. The first-order valence-electron chi connectivity index (χ1n) is 24.5. The van der Waals surface area contributed by atoms with E-state index in [-0.39, 0.29) is 12.8 Å². The molecule has 0 radical (unpaired) electrons. The molecule has 0 saturated carbocycles. The molecular weight excluding hydrogens is 775 g/mol. The predicted octanol–water partition coefficient (Wildman–Crippen LogP) is 8.56. The second kappa shape index (κ2) is 39.6. The van der Waals surface area contributed by atoms with E-state index in [0.717, 1.165) is 32.1 Å². The summed E-state index contributed by atoms with van der Waals surface area (Å²) in [5.41, 5.74) is 0. The third-order valence-corrected chi connectivity index (χ3v) is 11.6. The van der Waals surface area contributed by atoms with Crippen LogP contribution in [0.4, 0.5) is 0 Å². The zero-order valence-electron chi connectivity index (χ0n) is 38.4. The van der Waals surface area contributed by atoms with Crippen LogP contribution in [0, 0.1) is 0 Å². The Balaban J connectivity index is 2.51. The van der Waals surface area contributed by atoms with Gasteiger partial charge in [0.1, 0.15) is 36.6 Å². The smallest absolute Gasteiger partial charge is 0.249 e. The normalized spacial score (nSPS) is 21.9. The molecule has 0 spiro atoms. The molecule has 0 aromatic heterocycles. The first-order valence-corrected chi connectivity index (χ1v) is 24.5. The monoisotopic (exact) mass is 866 g/mol. The maximum atomic E-state index is 13.1. The van der Waals surface area contributed by atoms with E-state index in [0.29, 0.717) is 12.8 Å². The van der Waals surface area contributed by atoms with Crippen LogP contribution in [0.15, 0.2) is 48.6 Å². The number of amides is 1. The van der Waals surface area contributed by atoms with Crippen molar-refractivity contribution < 1.29 is 50.0 Å². The van der Waals surface area contributed by atoms with Crippen molar-refractivity contribution in [2.75, 3.05) is 13.2 Å². The van der Waals surface area contributed by atoms with Crippen LogP contribution < -0.4 is 5.32 Å². The standard InChI is InChI=1S/C50H91NO10/c1-3-5-7-9-11-13-15-17-19-21-22-24-25-27-29-31-33-35-37-42(53)45(55)41(40-60-50-48(58)47(57)46(56)44(39-52)61-50)51-49(59)43(54)38-36-34-32-30-28-26-23-20-18-16-14-12-10-8-6-4-2/h23,25-27,30,32-33,35,41-48,50,52-58H,3-22,24,28-29,31,34,36-40H2,1-2H3,(H,51,59)/b26-23-,27-25+,32-30-,35-33-/t41-,42+,43+,44+,45-,46+,47-,48+,50?/m0/s1. The molecule has 0 aromatic rings. The molecular formula is C50H91NO10. The molecule has 1 heterocycles. The lowest BCUT2D eigenvalue weighted by atomic mass is 9.99. The van der Waals surface area contributed by atoms with Crippen LogP contribution in [-0.4, -0.2) is 110 Å². The highest BCUT2D eigenvalue weighted by Gasteiger charge is 2.44. The van der Waals surface area contributed by atoms with Crippen LogP contribution in [0.5, 0.6) is 0 Å². The number of unbranched alkanes of at least 4 members (excludes halogenated alkanes) is 21. The molecule has 1 aliphatic rings. The van der Waals surface area contributed by atoms with Crippen LogP contribution >= 0.6 is 0 Å². The van der Waals surface area contributed by atoms with Crippen molar-refractivity contribution in [1.29, 1.82) is 0 Å². The Morgan fingerprint density at radius 3 is 1.57 bits per heavy atom. The number of allylic oxidation sites excluding steroid dienone is 7. The van der Waals surface area contributed by atoms with Gasteiger partial charge in [-0.05, 0) is 70.6 Å². The summed E-state index contributed by atoms with van der Waals surface area (Å²) < 4.78 is 11.1. The van der Waals surface area contributed by atoms with Gasteiger partial charge in [-0.2, -0.15) is 0 Å². The Morgan fingerprint density at radius 1 is 0.590 bits per heavy atom. The second-order valence-corrected chi connectivity index (χ2v) is 17.2. The molecule has 61 heavy (non-hydrogen) atoms. The van der Waals surface area contributed by atoms with Gasteiger partial charge < -0.3 is 50.5 Å². The molecule has 11 heteroatoms. The predicted molar refractivity (Wildman–Crippen MR) is 247 cm³/mol. The van der Waals surface area contributed by atoms with Crippen molar-refractivity contribution >= 4 is 5.91 Å². The van der Waals surface area contributed by atoms with Gasteiger partial charge in [-0.1, -0.05) is 172 Å². The highest BCUT2D eigenvalue weighted by Crippen LogP contribution is 2.23. The van der Waals surface area contributed by atoms with Crippen molar-refractivity contribution in [3.63, 3.8) is 0 Å². The van der Waals surface area contributed by atoms with E-state index in [2.05, 4.69) is 49.5 Å². The quantitative estimate of drug-likeness (QED) is 0.0219. The SMILES string of the molecule is CCCCCCCCCC/C=C\C/C=C\CCC[C@@H](O)C(=O)N[C@@H](COC1O[C@H](CO)[C@@H](O)[C@H](O)[C@H]1O)[C@H](O)[C@H](O)C/C=C\CC/C=C/CCCCCCCCCCCCC. The molecule has 0 aliphatic carbocycles. The minimum absolute atomic E-state index is 0.0965. The number of hydrogen-bond acceptors (Lipinski definition) is 10. The van der Waals surface area contributed by atoms with Crippen LogP contribution in [0.3, 0.4) is 0 Å². The lowest BCUT2D eigenvalue weighted by Crippen LogP contribution is -2.60. The molecule has 356 valence electrons. The molecule has 1 amide bonds. The van der Waals surface area contributed by atoms with Gasteiger partial charge in [0, 0.05) is 0 Å². The summed E-state index contributed by atoms with van der Waals surface area (Å²) >= 11 is 0. The molecule has 11 nitrogen and oxygen atoms in total. The fourth-order valence-electron chi connectivity index (χ4n) is 7.49. The van der Waals surface area contributed by atoms with E-state index in [1.54, 1.807) is 6.08 Å². The van der Waals surface area contributed by atoms with E-state index in [4.69, 9.17) is 9.47 Å². The van der Waals surface area contributed by atoms with Crippen molar-refractivity contribution in [3.8, 4) is 0 Å². The molecule has 0 bridgehead atoms. The minimum atomic E-state index is -1.68. The molecule has 8 N–H and O–H groups in total. The minimum Gasteiger partial charge on any atom is -0.394 e. The Labute approximate surface area is 370 Å². The van der Waals surface area contributed by atoms with Gasteiger partial charge in [-0.3, -0.25) is 4.79 Å². The van der Waals surface area contributed by atoms with Crippen molar-refractivity contribution in [2.24, 2.45) is 0 Å². The largest absolute Gasteiger partial charge is 0.394 e. The molecule has 1 saturated heterocycles. The Bertz CT molecular complexity index is 1130. The summed E-state index contributed by atoms with van der Waals surface area (Å²) in [6.07, 6.45) is 36.1. The molecule has 1 aliphatic heterocycles. The molecule has 1 rings (SSSR count). The maximum absolute atomic E-state index is 13.1. The average Bonchev–Trinajstić information content (AvgIpc) is 3.26. The van der Waals surface area contributed by atoms with Crippen LogP contribution in [0.25, 0.3) is 0 Å². The van der Waals surface area contributed by atoms with E-state index in [1.807, 2.05) is 12.2 Å². The lowest BCUT2D eigenvalue weighted by molar-refractivity contribution is -0.303. The Morgan fingerprint density at radius 2 is 1.05 bits per heavy atom. The summed E-state index contributed by atoms with van der Waals surface area (Å²) in [5, 5.41) is 75.6. The maximum Gasteiger partial charge on any atom is 0.249 e. The third-order valence-electron chi connectivity index (χ3n) is 11.6. The van der Waals surface area contributed by atoms with Crippen LogP contribution in [0.2, 0.25) is 0 Å². The summed E-state index contributed by atoms with van der Waals surface area (Å²) in [4.78, 5) is 13.1. The van der Waals surface area contributed by atoms with Gasteiger partial charge in [-0.25, -0.2) is 0 Å². The van der Waals surface area contributed by atoms with Crippen molar-refractivity contribution in [1.82, 2.24) is 5.32 Å². The lowest BCUT2D eigenvalue weighted by Gasteiger charge is -2.40. The number of ether oxygens (including phenoxy) is 2. The topological polar surface area (TPSA) is 189 Å². The number of carbonyl (C=O) groups is 1. The Kier molecular flexibility index (Phi) is 37.1. The van der Waals surface area contributed by atoms with E-state index >= 15 is 0 Å². The highest BCUT2D eigenvalue weighted by molar-refractivity contribution is 5.80. The van der Waals surface area contributed by atoms with Crippen molar-refractivity contribution in [2.45, 2.75) is 249 Å². The molecule has 1 fully saturated rings. The van der Waals surface area contributed by atoms with Gasteiger partial charge in [-0.15, -0.1) is 0 Å². The van der Waals surface area contributed by atoms with Gasteiger partial charge >= 0.3 is 0 Å². The fraction of sp³-hybridized carbons (Fsp3) is 0.820. The van der Waals surface area contributed by atoms with Gasteiger partial charge in [0.15, 0.2) is 6.29 Å². The summed E-state index contributed by atoms with van der Waals surface area (Å²) in [5.74, 6) is -0.753. The summed E-state index contributed by atoms with van der Waals surface area (Å²) in [6.45, 7) is 3.38. The number of aliphatic hydroxyl groups excluding tert-OH is 7. The number of carbonyl (C=O) groups excluding carboxylic acids is 1. The third kappa shape index (κ3) is 29.2. The molecule has 1 unspecified atom stereocenters. The summed E-state index contributed by atoms with van der Waals surface area (Å²) in [7, 11) is 0. The average molecular weight is 866 g/mol. The number of rotatable bonds is 40. The van der Waals surface area contributed by atoms with Crippen molar-refractivity contribution in [3.05, 3.63) is 48.6 Å². The van der Waals surface area contributed by atoms with Crippen LogP contribution in [-0.2, 0) is 14.3 Å². The zero-order valence-corrected chi connectivity index (χ0v) is 38.4. The highest BCUT2D eigenvalue weighted by atomic mass is 16.7. The van der Waals surface area contributed by atoms with E-state index < -0.39 is 74.2 Å². The Hall–Kier alpha value is -1.93. The fourth-order valence-corrected chi connectivity index (χ4v) is 7.49. The van der Waals surface area contributed by atoms with Gasteiger partial charge in [0.2, 0.25) is 5.91 Å². The number of aliphatic hydroxyl groups is 7. The zero-order chi connectivity index (χ0) is 44.8. The van der Waals surface area contributed by atoms with Crippen LogP contribution in [0.1, 0.15) is 194 Å². The van der Waals surface area contributed by atoms with E-state index in [1.165, 1.54) is 122 Å². The van der Waals surface area contributed by atoms with Gasteiger partial charge in [0.25, 0.3) is 0 Å². The summed E-state index contributed by atoms with van der Waals surface area (Å²) in [6, 6.07) is -1.23. The number of nitrogens with one attached hydrogen (secondary N) is 1. The first kappa shape index (κ1) is 57.1. The molecule has 9 atom stereocenters. The van der Waals surface area contributed by atoms with E-state index in [9.17, 15) is 40.5 Å².